The lowest BCUT2D eigenvalue weighted by Gasteiger charge is -2.37. The SMILES string of the molecule is Cc1ccnc(N(C)C2CCCN(Cc3ccc(Br)cc3F)C2)n1. The molecule has 1 aromatic carbocycles. The molecule has 1 aliphatic heterocycles. The third-order valence-corrected chi connectivity index (χ3v) is 5.03. The van der Waals surface area contributed by atoms with Crippen LogP contribution in [-0.2, 0) is 6.54 Å². The number of hydrogen-bond donors (Lipinski definition) is 0. The Bertz CT molecular complexity index is 709. The van der Waals surface area contributed by atoms with Gasteiger partial charge in [0, 0.05) is 48.1 Å². The molecule has 0 spiro atoms. The van der Waals surface area contributed by atoms with E-state index in [9.17, 15) is 4.39 Å². The van der Waals surface area contributed by atoms with Gasteiger partial charge in [-0.05, 0) is 44.5 Å². The highest BCUT2D eigenvalue weighted by molar-refractivity contribution is 9.10. The molecule has 3 rings (SSSR count). The molecule has 24 heavy (non-hydrogen) atoms. The van der Waals surface area contributed by atoms with Crippen LogP contribution in [-0.4, -0.2) is 41.0 Å². The minimum atomic E-state index is -0.151. The number of aromatic nitrogens is 2. The Labute approximate surface area is 150 Å². The van der Waals surface area contributed by atoms with E-state index in [0.29, 0.717) is 12.6 Å². The lowest BCUT2D eigenvalue weighted by atomic mass is 10.0. The Hall–Kier alpha value is -1.53. The van der Waals surface area contributed by atoms with Gasteiger partial charge in [-0.15, -0.1) is 0 Å². The number of piperidine rings is 1. The predicted molar refractivity (Wildman–Crippen MR) is 97.6 cm³/mol. The molecule has 0 radical (unpaired) electrons. The van der Waals surface area contributed by atoms with Gasteiger partial charge in [-0.25, -0.2) is 14.4 Å². The first-order valence-corrected chi connectivity index (χ1v) is 9.01. The fourth-order valence-electron chi connectivity index (χ4n) is 3.15. The van der Waals surface area contributed by atoms with Crippen LogP contribution in [0.3, 0.4) is 0 Å². The molecule has 0 bridgehead atoms. The van der Waals surface area contributed by atoms with Gasteiger partial charge in [0.1, 0.15) is 5.82 Å². The zero-order chi connectivity index (χ0) is 17.1. The van der Waals surface area contributed by atoms with Gasteiger partial charge < -0.3 is 4.90 Å². The Balaban J connectivity index is 1.67. The monoisotopic (exact) mass is 392 g/mol. The smallest absolute Gasteiger partial charge is 0.225 e. The molecule has 6 heteroatoms. The summed E-state index contributed by atoms with van der Waals surface area (Å²) in [6, 6.07) is 7.53. The number of benzene rings is 1. The lowest BCUT2D eigenvalue weighted by molar-refractivity contribution is 0.196. The lowest BCUT2D eigenvalue weighted by Crippen LogP contribution is -2.46. The number of aryl methyl sites for hydroxylation is 1. The Morgan fingerprint density at radius 3 is 2.96 bits per heavy atom. The van der Waals surface area contributed by atoms with E-state index >= 15 is 0 Å². The Morgan fingerprint density at radius 1 is 1.38 bits per heavy atom. The van der Waals surface area contributed by atoms with Crippen LogP contribution in [0.1, 0.15) is 24.1 Å². The maximum Gasteiger partial charge on any atom is 0.225 e. The number of halogens is 2. The largest absolute Gasteiger partial charge is 0.340 e. The van der Waals surface area contributed by atoms with Gasteiger partial charge in [0.15, 0.2) is 0 Å². The first-order chi connectivity index (χ1) is 11.5. The fourth-order valence-corrected chi connectivity index (χ4v) is 3.48. The van der Waals surface area contributed by atoms with Gasteiger partial charge in [-0.1, -0.05) is 22.0 Å². The highest BCUT2D eigenvalue weighted by Crippen LogP contribution is 2.22. The van der Waals surface area contributed by atoms with Crippen LogP contribution in [0, 0.1) is 12.7 Å². The number of likely N-dealkylation sites (N-methyl/N-ethyl adjacent to an activating group) is 1. The van der Waals surface area contributed by atoms with Crippen molar-refractivity contribution in [2.24, 2.45) is 0 Å². The van der Waals surface area contributed by atoms with Crippen molar-refractivity contribution in [3.8, 4) is 0 Å². The van der Waals surface area contributed by atoms with Crippen molar-refractivity contribution in [3.63, 3.8) is 0 Å². The summed E-state index contributed by atoms with van der Waals surface area (Å²) in [4.78, 5) is 13.4. The molecule has 1 atom stereocenters. The van der Waals surface area contributed by atoms with E-state index < -0.39 is 0 Å². The van der Waals surface area contributed by atoms with Crippen molar-refractivity contribution in [1.82, 2.24) is 14.9 Å². The average molecular weight is 393 g/mol. The number of hydrogen-bond acceptors (Lipinski definition) is 4. The van der Waals surface area contributed by atoms with Crippen LogP contribution < -0.4 is 4.90 Å². The summed E-state index contributed by atoms with van der Waals surface area (Å²) >= 11 is 3.31. The molecular weight excluding hydrogens is 371 g/mol. The quantitative estimate of drug-likeness (QED) is 0.792. The molecule has 1 unspecified atom stereocenters. The Morgan fingerprint density at radius 2 is 2.21 bits per heavy atom. The summed E-state index contributed by atoms with van der Waals surface area (Å²) in [7, 11) is 2.04. The molecule has 128 valence electrons. The Kier molecular flexibility index (Phi) is 5.46. The summed E-state index contributed by atoms with van der Waals surface area (Å²) in [5, 5.41) is 0. The summed E-state index contributed by atoms with van der Waals surface area (Å²) in [6.45, 7) is 4.50. The number of nitrogens with zero attached hydrogens (tertiary/aromatic N) is 4. The summed E-state index contributed by atoms with van der Waals surface area (Å²) < 4.78 is 14.9. The second-order valence-electron chi connectivity index (χ2n) is 6.38. The normalized spacial score (nSPS) is 18.6. The van der Waals surface area contributed by atoms with Crippen molar-refractivity contribution >= 4 is 21.9 Å². The van der Waals surface area contributed by atoms with Gasteiger partial charge in [-0.2, -0.15) is 0 Å². The highest BCUT2D eigenvalue weighted by Gasteiger charge is 2.25. The molecule has 4 nitrogen and oxygen atoms in total. The number of rotatable bonds is 4. The maximum absolute atomic E-state index is 14.1. The van der Waals surface area contributed by atoms with E-state index in [-0.39, 0.29) is 5.82 Å². The van der Waals surface area contributed by atoms with Gasteiger partial charge in [0.25, 0.3) is 0 Å². The molecule has 2 heterocycles. The van der Waals surface area contributed by atoms with Crippen LogP contribution in [0.25, 0.3) is 0 Å². The third-order valence-electron chi connectivity index (χ3n) is 4.53. The molecule has 0 amide bonds. The summed E-state index contributed by atoms with van der Waals surface area (Å²) in [6.07, 6.45) is 4.00. The van der Waals surface area contributed by atoms with E-state index in [0.717, 1.165) is 47.6 Å². The van der Waals surface area contributed by atoms with Crippen molar-refractivity contribution in [2.45, 2.75) is 32.4 Å². The molecule has 2 aromatic rings. The first-order valence-electron chi connectivity index (χ1n) is 8.21. The number of anilines is 1. The zero-order valence-corrected chi connectivity index (χ0v) is 15.6. The molecule has 1 saturated heterocycles. The van der Waals surface area contributed by atoms with E-state index in [1.807, 2.05) is 32.2 Å². The molecular formula is C18H22BrFN4. The van der Waals surface area contributed by atoms with Gasteiger partial charge in [-0.3, -0.25) is 4.90 Å². The minimum Gasteiger partial charge on any atom is -0.340 e. The predicted octanol–water partition coefficient (Wildman–Crippen LogP) is 3.79. The van der Waals surface area contributed by atoms with Gasteiger partial charge >= 0.3 is 0 Å². The van der Waals surface area contributed by atoms with Crippen molar-refractivity contribution in [3.05, 3.63) is 52.0 Å². The van der Waals surface area contributed by atoms with Crippen molar-refractivity contribution in [2.75, 3.05) is 25.0 Å². The second-order valence-corrected chi connectivity index (χ2v) is 7.29. The molecule has 1 aliphatic rings. The van der Waals surface area contributed by atoms with Crippen LogP contribution in [0.5, 0.6) is 0 Å². The maximum atomic E-state index is 14.1. The minimum absolute atomic E-state index is 0.151. The van der Waals surface area contributed by atoms with Crippen LogP contribution in [0.15, 0.2) is 34.9 Å². The first kappa shape index (κ1) is 17.3. The summed E-state index contributed by atoms with van der Waals surface area (Å²) in [5.41, 5.74) is 1.71. The van der Waals surface area contributed by atoms with Crippen LogP contribution in [0.2, 0.25) is 0 Å². The molecule has 0 aliphatic carbocycles. The molecule has 1 fully saturated rings. The molecule has 1 aromatic heterocycles. The van der Waals surface area contributed by atoms with Gasteiger partial charge in [0.05, 0.1) is 0 Å². The second kappa shape index (κ2) is 7.57. The highest BCUT2D eigenvalue weighted by atomic mass is 79.9. The standard InChI is InChI=1S/C18H22BrFN4/c1-13-7-8-21-18(22-13)23(2)16-4-3-9-24(12-16)11-14-5-6-15(19)10-17(14)20/h5-8,10,16H,3-4,9,11-12H2,1-2H3. The average Bonchev–Trinajstić information content (AvgIpc) is 2.57. The molecule has 0 saturated carbocycles. The topological polar surface area (TPSA) is 32.3 Å². The van der Waals surface area contributed by atoms with E-state index in [1.165, 1.54) is 6.07 Å². The zero-order valence-electron chi connectivity index (χ0n) is 14.0. The molecule has 0 N–H and O–H groups in total. The van der Waals surface area contributed by atoms with E-state index in [1.54, 1.807) is 6.20 Å². The van der Waals surface area contributed by atoms with Crippen molar-refractivity contribution < 1.29 is 4.39 Å². The van der Waals surface area contributed by atoms with E-state index in [2.05, 4.69) is 35.7 Å². The fraction of sp³-hybridized carbons (Fsp3) is 0.444. The van der Waals surface area contributed by atoms with E-state index in [4.69, 9.17) is 0 Å². The van der Waals surface area contributed by atoms with Crippen LogP contribution >= 0.6 is 15.9 Å². The van der Waals surface area contributed by atoms with Crippen molar-refractivity contribution in [1.29, 1.82) is 0 Å². The van der Waals surface area contributed by atoms with Gasteiger partial charge in [0.2, 0.25) is 5.95 Å². The third kappa shape index (κ3) is 4.11. The van der Waals surface area contributed by atoms with Crippen LogP contribution in [0.4, 0.5) is 10.3 Å². The summed E-state index contributed by atoms with van der Waals surface area (Å²) in [5.74, 6) is 0.610. The number of likely N-dealkylation sites (tertiary alicyclic amines) is 1.